The van der Waals surface area contributed by atoms with Gasteiger partial charge in [-0.2, -0.15) is 0 Å². The molecule has 1 aromatic rings. The van der Waals surface area contributed by atoms with Crippen molar-refractivity contribution in [2.75, 3.05) is 26.3 Å². The van der Waals surface area contributed by atoms with E-state index in [-0.39, 0.29) is 17.6 Å². The Balaban J connectivity index is 2.11. The summed E-state index contributed by atoms with van der Waals surface area (Å²) >= 11 is 6.05. The number of nitrogens with zero attached hydrogens (tertiary/aromatic N) is 1. The standard InChI is InChI=1S/C17H25ClN2O4S/c1-13(2)11-16(17(21)20-7-9-24-10-8-20)19-25(22,23)12-14-5-3-4-6-15(14)18/h3-6,13,16,19H,7-12H2,1-2H3/t16-/m0/s1. The fourth-order valence-corrected chi connectivity index (χ4v) is 4.41. The summed E-state index contributed by atoms with van der Waals surface area (Å²) in [6.07, 6.45) is 0.442. The Bertz CT molecular complexity index is 688. The van der Waals surface area contributed by atoms with Crippen molar-refractivity contribution in [2.24, 2.45) is 5.92 Å². The van der Waals surface area contributed by atoms with Crippen molar-refractivity contribution in [3.63, 3.8) is 0 Å². The van der Waals surface area contributed by atoms with Crippen molar-refractivity contribution in [3.05, 3.63) is 34.9 Å². The van der Waals surface area contributed by atoms with Crippen LogP contribution < -0.4 is 4.72 Å². The number of hydrogen-bond donors (Lipinski definition) is 1. The van der Waals surface area contributed by atoms with Crippen molar-refractivity contribution in [3.8, 4) is 0 Å². The van der Waals surface area contributed by atoms with Crippen LogP contribution in [0.4, 0.5) is 0 Å². The first-order valence-corrected chi connectivity index (χ1v) is 10.4. The molecule has 1 saturated heterocycles. The molecule has 1 aliphatic heterocycles. The quantitative estimate of drug-likeness (QED) is 0.775. The summed E-state index contributed by atoms with van der Waals surface area (Å²) in [4.78, 5) is 14.4. The van der Waals surface area contributed by atoms with Gasteiger partial charge in [-0.3, -0.25) is 4.79 Å². The summed E-state index contributed by atoms with van der Waals surface area (Å²) in [6, 6.07) is 6.03. The summed E-state index contributed by atoms with van der Waals surface area (Å²) in [5.41, 5.74) is 0.513. The van der Waals surface area contributed by atoms with Gasteiger partial charge in [0.1, 0.15) is 6.04 Å². The van der Waals surface area contributed by atoms with Crippen LogP contribution in [-0.2, 0) is 25.3 Å². The zero-order valence-corrected chi connectivity index (χ0v) is 16.1. The maximum Gasteiger partial charge on any atom is 0.240 e. The molecule has 6 nitrogen and oxygen atoms in total. The molecule has 1 atom stereocenters. The first kappa shape index (κ1) is 20.2. The van der Waals surface area contributed by atoms with Gasteiger partial charge in [-0.05, 0) is 24.0 Å². The van der Waals surface area contributed by atoms with E-state index in [1.165, 1.54) is 0 Å². The molecular weight excluding hydrogens is 364 g/mol. The minimum absolute atomic E-state index is 0.179. The molecule has 0 radical (unpaired) electrons. The molecule has 0 unspecified atom stereocenters. The number of ether oxygens (including phenoxy) is 1. The van der Waals surface area contributed by atoms with Gasteiger partial charge in [0.15, 0.2) is 0 Å². The van der Waals surface area contributed by atoms with E-state index in [9.17, 15) is 13.2 Å². The number of hydrogen-bond acceptors (Lipinski definition) is 4. The molecule has 8 heteroatoms. The summed E-state index contributed by atoms with van der Waals surface area (Å²) in [7, 11) is -3.70. The zero-order valence-electron chi connectivity index (χ0n) is 14.6. The van der Waals surface area contributed by atoms with Gasteiger partial charge in [0.25, 0.3) is 0 Å². The molecule has 0 saturated carbocycles. The Morgan fingerprint density at radius 2 is 1.92 bits per heavy atom. The molecule has 1 N–H and O–H groups in total. The van der Waals surface area contributed by atoms with E-state index in [2.05, 4.69) is 4.72 Å². The molecule has 0 spiro atoms. The lowest BCUT2D eigenvalue weighted by Gasteiger charge is -2.31. The van der Waals surface area contributed by atoms with Crippen molar-refractivity contribution in [1.82, 2.24) is 9.62 Å². The van der Waals surface area contributed by atoms with Crippen molar-refractivity contribution >= 4 is 27.5 Å². The maximum absolute atomic E-state index is 12.7. The van der Waals surface area contributed by atoms with Crippen LogP contribution in [0.5, 0.6) is 0 Å². The van der Waals surface area contributed by atoms with Gasteiger partial charge in [0.05, 0.1) is 19.0 Å². The maximum atomic E-state index is 12.7. The topological polar surface area (TPSA) is 75.7 Å². The summed E-state index contributed by atoms with van der Waals surface area (Å²) < 4.78 is 33.0. The fraction of sp³-hybridized carbons (Fsp3) is 0.588. The number of amides is 1. The second kappa shape index (κ2) is 8.98. The van der Waals surface area contributed by atoms with Crippen molar-refractivity contribution < 1.29 is 17.9 Å². The number of benzene rings is 1. The van der Waals surface area contributed by atoms with Gasteiger partial charge in [-0.1, -0.05) is 43.6 Å². The lowest BCUT2D eigenvalue weighted by Crippen LogP contribution is -2.52. The molecule has 0 aliphatic carbocycles. The molecule has 2 rings (SSSR count). The van der Waals surface area contributed by atoms with E-state index in [1.54, 1.807) is 29.2 Å². The monoisotopic (exact) mass is 388 g/mol. The Morgan fingerprint density at radius 1 is 1.28 bits per heavy atom. The number of nitrogens with one attached hydrogen (secondary N) is 1. The highest BCUT2D eigenvalue weighted by Crippen LogP contribution is 2.18. The van der Waals surface area contributed by atoms with Crippen molar-refractivity contribution in [2.45, 2.75) is 32.1 Å². The Morgan fingerprint density at radius 3 is 2.52 bits per heavy atom. The molecule has 1 heterocycles. The summed E-state index contributed by atoms with van der Waals surface area (Å²) in [5.74, 6) is -0.268. The SMILES string of the molecule is CC(C)C[C@H](NS(=O)(=O)Cc1ccccc1Cl)C(=O)N1CCOCC1. The third kappa shape index (κ3) is 6.26. The van der Waals surface area contributed by atoms with E-state index >= 15 is 0 Å². The molecule has 1 aliphatic rings. The summed E-state index contributed by atoms with van der Waals surface area (Å²) in [6.45, 7) is 5.85. The smallest absolute Gasteiger partial charge is 0.240 e. The number of halogens is 1. The van der Waals surface area contributed by atoms with Crippen LogP contribution in [0.25, 0.3) is 0 Å². The number of sulfonamides is 1. The van der Waals surface area contributed by atoms with Crippen LogP contribution in [-0.4, -0.2) is 51.6 Å². The normalized spacial score (nSPS) is 16.9. The van der Waals surface area contributed by atoms with Crippen molar-refractivity contribution in [1.29, 1.82) is 0 Å². The second-order valence-corrected chi connectivity index (χ2v) is 8.75. The number of carbonyl (C=O) groups excluding carboxylic acids is 1. The predicted octanol–water partition coefficient (Wildman–Crippen LogP) is 2.03. The van der Waals surface area contributed by atoms with E-state index < -0.39 is 16.1 Å². The minimum Gasteiger partial charge on any atom is -0.378 e. The van der Waals surface area contributed by atoms with Crippen LogP contribution in [0, 0.1) is 5.92 Å². The van der Waals surface area contributed by atoms with Gasteiger partial charge in [0, 0.05) is 18.1 Å². The molecular formula is C17H25ClN2O4S. The van der Waals surface area contributed by atoms with Crippen LogP contribution >= 0.6 is 11.6 Å². The zero-order chi connectivity index (χ0) is 18.4. The number of carbonyl (C=O) groups is 1. The minimum atomic E-state index is -3.70. The third-order valence-corrected chi connectivity index (χ3v) is 5.66. The molecule has 140 valence electrons. The predicted molar refractivity (Wildman–Crippen MR) is 97.9 cm³/mol. The number of morpholine rings is 1. The molecule has 1 fully saturated rings. The van der Waals surface area contributed by atoms with E-state index in [1.807, 2.05) is 13.8 Å². The van der Waals surface area contributed by atoms with Gasteiger partial charge < -0.3 is 9.64 Å². The van der Waals surface area contributed by atoms with E-state index in [0.29, 0.717) is 43.3 Å². The third-order valence-electron chi connectivity index (χ3n) is 3.95. The fourth-order valence-electron chi connectivity index (χ4n) is 2.75. The van der Waals surface area contributed by atoms with Crippen LogP contribution in [0.15, 0.2) is 24.3 Å². The van der Waals surface area contributed by atoms with Crippen LogP contribution in [0.3, 0.4) is 0 Å². The van der Waals surface area contributed by atoms with Crippen LogP contribution in [0.2, 0.25) is 5.02 Å². The highest BCUT2D eigenvalue weighted by Gasteiger charge is 2.30. The van der Waals surface area contributed by atoms with Gasteiger partial charge >= 0.3 is 0 Å². The average Bonchev–Trinajstić information content (AvgIpc) is 2.55. The Kier molecular flexibility index (Phi) is 7.25. The molecule has 25 heavy (non-hydrogen) atoms. The van der Waals surface area contributed by atoms with Gasteiger partial charge in [-0.25, -0.2) is 13.1 Å². The lowest BCUT2D eigenvalue weighted by atomic mass is 10.0. The Hall–Kier alpha value is -1.15. The molecule has 1 amide bonds. The van der Waals surface area contributed by atoms with E-state index in [0.717, 1.165) is 0 Å². The second-order valence-electron chi connectivity index (χ2n) is 6.59. The average molecular weight is 389 g/mol. The molecule has 1 aromatic carbocycles. The Labute approximate surface area is 154 Å². The lowest BCUT2D eigenvalue weighted by molar-refractivity contribution is -0.137. The first-order chi connectivity index (χ1) is 11.8. The van der Waals surface area contributed by atoms with E-state index in [4.69, 9.17) is 16.3 Å². The number of rotatable bonds is 7. The van der Waals surface area contributed by atoms with Crippen LogP contribution in [0.1, 0.15) is 25.8 Å². The van der Waals surface area contributed by atoms with Gasteiger partial charge in [-0.15, -0.1) is 0 Å². The first-order valence-electron chi connectivity index (χ1n) is 8.38. The highest BCUT2D eigenvalue weighted by atomic mass is 35.5. The molecule has 0 bridgehead atoms. The largest absolute Gasteiger partial charge is 0.378 e. The summed E-state index contributed by atoms with van der Waals surface area (Å²) in [5, 5.41) is 0.396. The highest BCUT2D eigenvalue weighted by molar-refractivity contribution is 7.88. The van der Waals surface area contributed by atoms with Gasteiger partial charge in [0.2, 0.25) is 15.9 Å². The molecule has 0 aromatic heterocycles.